The molecule has 0 unspecified atom stereocenters. The number of unbranched alkanes of at least 4 members (excludes halogenated alkanes) is 1. The number of nitrogens with zero attached hydrogens (tertiary/aromatic N) is 3. The van der Waals surface area contributed by atoms with Gasteiger partial charge in [-0.25, -0.2) is 4.79 Å². The molecule has 0 radical (unpaired) electrons. The number of carbonyl (C=O) groups excluding carboxylic acids is 2. The van der Waals surface area contributed by atoms with Gasteiger partial charge in [-0.05, 0) is 74.1 Å². The van der Waals surface area contributed by atoms with E-state index in [1.807, 2.05) is 82.6 Å². The third-order valence-electron chi connectivity index (χ3n) is 6.71. The van der Waals surface area contributed by atoms with Gasteiger partial charge in [-0.1, -0.05) is 55.8 Å². The second kappa shape index (κ2) is 12.7. The zero-order chi connectivity index (χ0) is 25.2. The minimum Gasteiger partial charge on any atom is -0.324 e. The molecule has 1 aliphatic heterocycles. The second-order valence-electron chi connectivity index (χ2n) is 9.16. The number of carbonyl (C=O) groups is 2. The number of benzene rings is 2. The molecule has 186 valence electrons. The highest BCUT2D eigenvalue weighted by atomic mass is 16.2. The van der Waals surface area contributed by atoms with Gasteiger partial charge in [-0.3, -0.25) is 14.7 Å². The van der Waals surface area contributed by atoms with Crippen LogP contribution in [0.2, 0.25) is 0 Å². The Morgan fingerprint density at radius 1 is 0.944 bits per heavy atom. The average molecular weight is 483 g/mol. The average Bonchev–Trinajstić information content (AvgIpc) is 2.93. The van der Waals surface area contributed by atoms with E-state index in [0.29, 0.717) is 5.92 Å². The van der Waals surface area contributed by atoms with Crippen molar-refractivity contribution in [2.24, 2.45) is 5.92 Å². The molecule has 1 aromatic heterocycles. The first-order chi connectivity index (χ1) is 17.7. The van der Waals surface area contributed by atoms with Crippen molar-refractivity contribution in [2.45, 2.75) is 38.5 Å². The Labute approximate surface area is 213 Å². The fourth-order valence-electron chi connectivity index (χ4n) is 4.74. The molecular weight excluding hydrogens is 448 g/mol. The van der Waals surface area contributed by atoms with Crippen molar-refractivity contribution in [1.29, 1.82) is 0 Å². The van der Waals surface area contributed by atoms with Crippen LogP contribution in [0.3, 0.4) is 0 Å². The molecule has 0 bridgehead atoms. The fraction of sp³-hybridized carbons (Fsp3) is 0.300. The number of hydrogen-bond donors (Lipinski definition) is 1. The number of piperidine rings is 1. The molecule has 1 N–H and O–H groups in total. The highest BCUT2D eigenvalue weighted by molar-refractivity contribution is 6.00. The van der Waals surface area contributed by atoms with Gasteiger partial charge in [-0.2, -0.15) is 0 Å². The maximum Gasteiger partial charge on any atom is 0.329 e. The fourth-order valence-corrected chi connectivity index (χ4v) is 4.74. The standard InChI is InChI=1S/C30H34N4O2/c1-2-29(35)32-28-18-11-21-31-27(28)17-10-9-12-24-19-22-33(23-20-24)30(36)34(25-13-5-3-6-14-25)26-15-7-4-8-16-26/h2-8,11,13-16,18,21,24H,1,9-10,12,17,19-20,22-23H2,(H,32,35). The molecule has 1 aliphatic rings. The molecule has 6 heteroatoms. The molecule has 0 saturated carbocycles. The van der Waals surface area contributed by atoms with Crippen LogP contribution < -0.4 is 10.2 Å². The monoisotopic (exact) mass is 482 g/mol. The lowest BCUT2D eigenvalue weighted by Crippen LogP contribution is -2.45. The van der Waals surface area contributed by atoms with Crippen LogP contribution in [-0.2, 0) is 11.2 Å². The van der Waals surface area contributed by atoms with E-state index in [0.717, 1.165) is 74.4 Å². The van der Waals surface area contributed by atoms with Gasteiger partial charge in [-0.15, -0.1) is 0 Å². The number of pyridine rings is 1. The zero-order valence-corrected chi connectivity index (χ0v) is 20.7. The molecule has 2 aromatic carbocycles. The third-order valence-corrected chi connectivity index (χ3v) is 6.71. The van der Waals surface area contributed by atoms with Crippen LogP contribution in [0.15, 0.2) is 91.6 Å². The number of aromatic nitrogens is 1. The third kappa shape index (κ3) is 6.60. The number of rotatable bonds is 9. The molecule has 0 spiro atoms. The highest BCUT2D eigenvalue weighted by Crippen LogP contribution is 2.29. The van der Waals surface area contributed by atoms with Crippen LogP contribution in [0.25, 0.3) is 0 Å². The maximum absolute atomic E-state index is 13.6. The molecule has 3 aromatic rings. The topological polar surface area (TPSA) is 65.5 Å². The predicted molar refractivity (Wildman–Crippen MR) is 145 cm³/mol. The number of anilines is 3. The van der Waals surface area contributed by atoms with Gasteiger partial charge in [0, 0.05) is 19.3 Å². The van der Waals surface area contributed by atoms with Crippen LogP contribution in [-0.4, -0.2) is 34.9 Å². The van der Waals surface area contributed by atoms with Crippen LogP contribution in [0, 0.1) is 5.92 Å². The summed E-state index contributed by atoms with van der Waals surface area (Å²) < 4.78 is 0. The van der Waals surface area contributed by atoms with E-state index < -0.39 is 0 Å². The Kier molecular flexibility index (Phi) is 8.87. The lowest BCUT2D eigenvalue weighted by atomic mass is 9.91. The van der Waals surface area contributed by atoms with E-state index in [1.165, 1.54) is 6.08 Å². The van der Waals surface area contributed by atoms with Crippen molar-refractivity contribution in [2.75, 3.05) is 23.3 Å². The Balaban J connectivity index is 1.27. The smallest absolute Gasteiger partial charge is 0.324 e. The normalized spacial score (nSPS) is 13.7. The van der Waals surface area contributed by atoms with Crippen molar-refractivity contribution in [3.63, 3.8) is 0 Å². The van der Waals surface area contributed by atoms with E-state index in [4.69, 9.17) is 0 Å². The number of hydrogen-bond acceptors (Lipinski definition) is 3. The Hall–Kier alpha value is -3.93. The van der Waals surface area contributed by atoms with Gasteiger partial charge in [0.1, 0.15) is 0 Å². The molecule has 36 heavy (non-hydrogen) atoms. The van der Waals surface area contributed by atoms with Crippen molar-refractivity contribution in [3.8, 4) is 0 Å². The molecule has 0 atom stereocenters. The van der Waals surface area contributed by atoms with Gasteiger partial charge in [0.2, 0.25) is 5.91 Å². The molecule has 1 fully saturated rings. The lowest BCUT2D eigenvalue weighted by Gasteiger charge is -2.36. The maximum atomic E-state index is 13.6. The van der Waals surface area contributed by atoms with Crippen molar-refractivity contribution >= 4 is 29.0 Å². The lowest BCUT2D eigenvalue weighted by molar-refractivity contribution is -0.111. The minimum absolute atomic E-state index is 0.0371. The summed E-state index contributed by atoms with van der Waals surface area (Å²) in [5.41, 5.74) is 3.44. The summed E-state index contributed by atoms with van der Waals surface area (Å²) in [7, 11) is 0. The summed E-state index contributed by atoms with van der Waals surface area (Å²) >= 11 is 0. The summed E-state index contributed by atoms with van der Waals surface area (Å²) in [5.74, 6) is 0.406. The largest absolute Gasteiger partial charge is 0.329 e. The first kappa shape index (κ1) is 25.2. The van der Waals surface area contributed by atoms with Crippen LogP contribution in [0.4, 0.5) is 21.9 Å². The van der Waals surface area contributed by atoms with Crippen LogP contribution in [0.5, 0.6) is 0 Å². The number of amides is 3. The molecule has 0 aliphatic carbocycles. The summed E-state index contributed by atoms with van der Waals surface area (Å²) in [6.45, 7) is 5.06. The molecule has 4 rings (SSSR count). The Morgan fingerprint density at radius 3 is 2.19 bits per heavy atom. The molecular formula is C30H34N4O2. The van der Waals surface area contributed by atoms with Crippen molar-refractivity contribution < 1.29 is 9.59 Å². The SMILES string of the molecule is C=CC(=O)Nc1cccnc1CCCCC1CCN(C(=O)N(c2ccccc2)c2ccccc2)CC1. The van der Waals surface area contributed by atoms with Gasteiger partial charge in [0.15, 0.2) is 0 Å². The van der Waals surface area contributed by atoms with Crippen molar-refractivity contribution in [1.82, 2.24) is 9.88 Å². The Morgan fingerprint density at radius 2 is 1.58 bits per heavy atom. The summed E-state index contributed by atoms with van der Waals surface area (Å²) in [4.78, 5) is 33.5. The summed E-state index contributed by atoms with van der Waals surface area (Å²) in [5, 5.41) is 2.84. The second-order valence-corrected chi connectivity index (χ2v) is 9.16. The van der Waals surface area contributed by atoms with E-state index >= 15 is 0 Å². The van der Waals surface area contributed by atoms with Crippen LogP contribution >= 0.6 is 0 Å². The van der Waals surface area contributed by atoms with Gasteiger partial charge in [0.05, 0.1) is 22.8 Å². The van der Waals surface area contributed by atoms with E-state index in [9.17, 15) is 9.59 Å². The van der Waals surface area contributed by atoms with E-state index in [-0.39, 0.29) is 11.9 Å². The highest BCUT2D eigenvalue weighted by Gasteiger charge is 2.28. The number of aryl methyl sites for hydroxylation is 1. The molecule has 6 nitrogen and oxygen atoms in total. The van der Waals surface area contributed by atoms with E-state index in [1.54, 1.807) is 6.20 Å². The van der Waals surface area contributed by atoms with Gasteiger partial charge < -0.3 is 10.2 Å². The number of urea groups is 1. The van der Waals surface area contributed by atoms with Gasteiger partial charge >= 0.3 is 6.03 Å². The quantitative estimate of drug-likeness (QED) is 0.276. The Bertz CT molecular complexity index is 1100. The summed E-state index contributed by atoms with van der Waals surface area (Å²) in [6.07, 6.45) is 9.17. The zero-order valence-electron chi connectivity index (χ0n) is 20.7. The molecule has 3 amide bonds. The van der Waals surface area contributed by atoms with Crippen LogP contribution in [0.1, 0.15) is 37.8 Å². The number of nitrogens with one attached hydrogen (secondary N) is 1. The number of likely N-dealkylation sites (tertiary alicyclic amines) is 1. The molecule has 2 heterocycles. The minimum atomic E-state index is -0.219. The summed E-state index contributed by atoms with van der Waals surface area (Å²) in [6, 6.07) is 23.5. The first-order valence-corrected chi connectivity index (χ1v) is 12.7. The predicted octanol–water partition coefficient (Wildman–Crippen LogP) is 6.59. The number of para-hydroxylation sites is 2. The first-order valence-electron chi connectivity index (χ1n) is 12.7. The molecule has 1 saturated heterocycles. The van der Waals surface area contributed by atoms with Crippen molar-refractivity contribution in [3.05, 3.63) is 97.3 Å². The van der Waals surface area contributed by atoms with E-state index in [2.05, 4.69) is 16.9 Å². The van der Waals surface area contributed by atoms with Gasteiger partial charge in [0.25, 0.3) is 0 Å².